The fourth-order valence-corrected chi connectivity index (χ4v) is 4.03. The van der Waals surface area contributed by atoms with E-state index in [0.717, 1.165) is 36.1 Å². The number of hydrogen-bond acceptors (Lipinski definition) is 5. The molecule has 30 heavy (non-hydrogen) atoms. The van der Waals surface area contributed by atoms with Gasteiger partial charge < -0.3 is 14.2 Å². The molecule has 0 spiro atoms. The summed E-state index contributed by atoms with van der Waals surface area (Å²) in [7, 11) is 0. The number of ether oxygens (including phenoxy) is 3. The molecular formula is C24H32ClNO4. The predicted octanol–water partition coefficient (Wildman–Crippen LogP) is 6.52. The number of benzene rings is 1. The van der Waals surface area contributed by atoms with E-state index < -0.39 is 6.16 Å². The van der Waals surface area contributed by atoms with Crippen LogP contribution in [0.15, 0.2) is 40.6 Å². The zero-order chi connectivity index (χ0) is 21.5. The Morgan fingerprint density at radius 1 is 1.30 bits per heavy atom. The van der Waals surface area contributed by atoms with Gasteiger partial charge in [-0.25, -0.2) is 4.79 Å². The minimum Gasteiger partial charge on any atom is -0.434 e. The van der Waals surface area contributed by atoms with Gasteiger partial charge in [-0.3, -0.25) is 4.99 Å². The molecule has 6 heteroatoms. The van der Waals surface area contributed by atoms with E-state index in [1.807, 2.05) is 31.2 Å². The normalized spacial score (nSPS) is 22.2. The highest BCUT2D eigenvalue weighted by atomic mass is 35.5. The lowest BCUT2D eigenvalue weighted by Gasteiger charge is -2.18. The molecule has 2 heterocycles. The molecule has 2 aliphatic rings. The third kappa shape index (κ3) is 6.08. The van der Waals surface area contributed by atoms with Gasteiger partial charge in [0.1, 0.15) is 5.76 Å². The second-order valence-corrected chi connectivity index (χ2v) is 8.74. The molecule has 0 bridgehead atoms. The summed E-state index contributed by atoms with van der Waals surface area (Å²) in [6.07, 6.45) is 4.00. The van der Waals surface area contributed by atoms with Crippen LogP contribution in [-0.2, 0) is 14.2 Å². The third-order valence-electron chi connectivity index (χ3n) is 5.98. The van der Waals surface area contributed by atoms with Gasteiger partial charge in [0.15, 0.2) is 0 Å². The lowest BCUT2D eigenvalue weighted by Crippen LogP contribution is -2.15. The van der Waals surface area contributed by atoms with Crippen molar-refractivity contribution in [2.45, 2.75) is 59.0 Å². The number of halogens is 1. The van der Waals surface area contributed by atoms with Gasteiger partial charge in [0.25, 0.3) is 0 Å². The number of fused-ring (bicyclic) bond motifs is 1. The molecule has 1 aromatic carbocycles. The average molecular weight is 434 g/mol. The Hall–Kier alpha value is -1.85. The number of unbranched alkanes of at least 4 members (excludes halogenated alkanes) is 1. The van der Waals surface area contributed by atoms with Crippen LogP contribution in [0.5, 0.6) is 0 Å². The lowest BCUT2D eigenvalue weighted by molar-refractivity contribution is 0.0735. The second kappa shape index (κ2) is 11.0. The van der Waals surface area contributed by atoms with Crippen molar-refractivity contribution in [1.82, 2.24) is 0 Å². The molecule has 2 aliphatic heterocycles. The van der Waals surface area contributed by atoms with Crippen LogP contribution in [0.3, 0.4) is 0 Å². The first-order valence-corrected chi connectivity index (χ1v) is 11.3. The maximum absolute atomic E-state index is 12.3. The highest BCUT2D eigenvalue weighted by Gasteiger charge is 2.38. The SMILES string of the molecule is CCC(C)CCCCOC(=O)OC1=C2COC(c3ccc(Cl)cc3)C2CN=C(C)C1. The largest absolute Gasteiger partial charge is 0.513 e. The van der Waals surface area contributed by atoms with Crippen molar-refractivity contribution in [3.8, 4) is 0 Å². The van der Waals surface area contributed by atoms with Crippen LogP contribution >= 0.6 is 11.6 Å². The van der Waals surface area contributed by atoms with Crippen LogP contribution in [0.4, 0.5) is 4.79 Å². The standard InChI is InChI=1S/C24H32ClNO4/c1-4-16(2)7-5-6-12-28-24(27)30-22-13-17(3)26-14-20-21(22)15-29-23(20)18-8-10-19(25)11-9-18/h8-11,16,20,23H,4-7,12-15H2,1-3H3. The van der Waals surface area contributed by atoms with Crippen LogP contribution in [0, 0.1) is 11.8 Å². The summed E-state index contributed by atoms with van der Waals surface area (Å²) in [5.41, 5.74) is 3.00. The quantitative estimate of drug-likeness (QED) is 0.346. The number of nitrogens with zero attached hydrogens (tertiary/aromatic N) is 1. The van der Waals surface area contributed by atoms with Crippen molar-refractivity contribution in [2.24, 2.45) is 16.8 Å². The summed E-state index contributed by atoms with van der Waals surface area (Å²) >= 11 is 6.02. The molecule has 3 rings (SSSR count). The van der Waals surface area contributed by atoms with Crippen molar-refractivity contribution in [2.75, 3.05) is 19.8 Å². The zero-order valence-electron chi connectivity index (χ0n) is 18.2. The van der Waals surface area contributed by atoms with Crippen LogP contribution in [0.25, 0.3) is 0 Å². The Balaban J connectivity index is 1.61. The van der Waals surface area contributed by atoms with Gasteiger partial charge >= 0.3 is 6.16 Å². The smallest absolute Gasteiger partial charge is 0.434 e. The molecule has 0 aromatic heterocycles. The molecule has 164 valence electrons. The number of hydrogen-bond donors (Lipinski definition) is 0. The van der Waals surface area contributed by atoms with E-state index in [0.29, 0.717) is 42.9 Å². The lowest BCUT2D eigenvalue weighted by atomic mass is 9.91. The number of carbonyl (C=O) groups is 1. The van der Waals surface area contributed by atoms with E-state index >= 15 is 0 Å². The van der Waals surface area contributed by atoms with Crippen molar-refractivity contribution in [1.29, 1.82) is 0 Å². The second-order valence-electron chi connectivity index (χ2n) is 8.30. The summed E-state index contributed by atoms with van der Waals surface area (Å²) in [5, 5.41) is 0.693. The van der Waals surface area contributed by atoms with Crippen LogP contribution in [0.1, 0.15) is 64.5 Å². The maximum atomic E-state index is 12.3. The minimum absolute atomic E-state index is 0.0435. The van der Waals surface area contributed by atoms with Gasteiger partial charge in [0.2, 0.25) is 0 Å². The Morgan fingerprint density at radius 2 is 2.07 bits per heavy atom. The van der Waals surface area contributed by atoms with E-state index in [2.05, 4.69) is 18.8 Å². The Morgan fingerprint density at radius 3 is 2.80 bits per heavy atom. The van der Waals surface area contributed by atoms with Crippen molar-refractivity contribution in [3.05, 3.63) is 46.2 Å². The molecule has 0 saturated carbocycles. The Labute approximate surface area is 184 Å². The van der Waals surface area contributed by atoms with E-state index in [4.69, 9.17) is 25.8 Å². The van der Waals surface area contributed by atoms with Gasteiger partial charge in [-0.1, -0.05) is 50.4 Å². The van der Waals surface area contributed by atoms with Crippen LogP contribution in [0.2, 0.25) is 5.02 Å². The van der Waals surface area contributed by atoms with E-state index in [1.165, 1.54) is 6.42 Å². The summed E-state index contributed by atoms with van der Waals surface area (Å²) in [6.45, 7) is 7.84. The number of carbonyl (C=O) groups excluding carboxylic acids is 1. The molecule has 0 aliphatic carbocycles. The molecule has 1 aromatic rings. The number of allylic oxidation sites excluding steroid dienone is 1. The zero-order valence-corrected chi connectivity index (χ0v) is 18.9. The van der Waals surface area contributed by atoms with Gasteiger partial charge in [-0.05, 0) is 43.4 Å². The van der Waals surface area contributed by atoms with Crippen LogP contribution < -0.4 is 0 Å². The van der Waals surface area contributed by atoms with E-state index in [1.54, 1.807) is 0 Å². The van der Waals surface area contributed by atoms with Crippen molar-refractivity contribution >= 4 is 23.5 Å². The number of aliphatic imine (C=N–C) groups is 1. The van der Waals surface area contributed by atoms with Gasteiger partial charge in [-0.15, -0.1) is 0 Å². The minimum atomic E-state index is -0.635. The third-order valence-corrected chi connectivity index (χ3v) is 6.23. The van der Waals surface area contributed by atoms with Gasteiger partial charge in [0, 0.05) is 35.2 Å². The van der Waals surface area contributed by atoms with Crippen LogP contribution in [-0.4, -0.2) is 31.6 Å². The van der Waals surface area contributed by atoms with E-state index in [9.17, 15) is 4.79 Å². The topological polar surface area (TPSA) is 57.1 Å². The molecule has 3 unspecified atom stereocenters. The molecule has 0 amide bonds. The van der Waals surface area contributed by atoms with Crippen molar-refractivity contribution in [3.63, 3.8) is 0 Å². The fourth-order valence-electron chi connectivity index (χ4n) is 3.90. The molecule has 0 radical (unpaired) electrons. The fraction of sp³-hybridized carbons (Fsp3) is 0.583. The highest BCUT2D eigenvalue weighted by Crippen LogP contribution is 2.42. The maximum Gasteiger partial charge on any atom is 0.513 e. The molecule has 1 saturated heterocycles. The molecule has 0 N–H and O–H groups in total. The first kappa shape index (κ1) is 22.8. The molecule has 3 atom stereocenters. The van der Waals surface area contributed by atoms with E-state index in [-0.39, 0.29) is 12.0 Å². The Kier molecular flexibility index (Phi) is 8.34. The molecular weight excluding hydrogens is 402 g/mol. The van der Waals surface area contributed by atoms with Crippen molar-refractivity contribution < 1.29 is 19.0 Å². The summed E-state index contributed by atoms with van der Waals surface area (Å²) < 4.78 is 17.0. The Bertz CT molecular complexity index is 787. The molecule has 5 nitrogen and oxygen atoms in total. The summed E-state index contributed by atoms with van der Waals surface area (Å²) in [6, 6.07) is 7.68. The number of rotatable bonds is 8. The first-order chi connectivity index (χ1) is 14.5. The monoisotopic (exact) mass is 433 g/mol. The summed E-state index contributed by atoms with van der Waals surface area (Å²) in [4.78, 5) is 17.0. The first-order valence-electron chi connectivity index (χ1n) is 10.9. The van der Waals surface area contributed by atoms with Gasteiger partial charge in [-0.2, -0.15) is 0 Å². The highest BCUT2D eigenvalue weighted by molar-refractivity contribution is 6.30. The molecule has 1 fully saturated rings. The predicted molar refractivity (Wildman–Crippen MR) is 119 cm³/mol. The van der Waals surface area contributed by atoms with Gasteiger partial charge in [0.05, 0.1) is 19.3 Å². The average Bonchev–Trinajstić information content (AvgIpc) is 3.09. The summed E-state index contributed by atoms with van der Waals surface area (Å²) in [5.74, 6) is 1.38.